The first kappa shape index (κ1) is 10.2. The molecule has 0 saturated heterocycles. The highest BCUT2D eigenvalue weighted by molar-refractivity contribution is 6.21. The number of halogens is 1. The van der Waals surface area contributed by atoms with Crippen molar-refractivity contribution in [3.05, 3.63) is 0 Å². The van der Waals surface area contributed by atoms with Gasteiger partial charge in [0.1, 0.15) is 0 Å². The Morgan fingerprint density at radius 2 is 1.43 bits per heavy atom. The van der Waals surface area contributed by atoms with Gasteiger partial charge < -0.3 is 15.9 Å². The standard InChI is InChI=1S/C2H5ClO2.CH5N/c1-2(3,4)5;1-2/h4-5H,1H3;2H2,1H3. The predicted octanol–water partition coefficient (Wildman–Crippen LogP) is -0.542. The average Bonchev–Trinajstić information content (AvgIpc) is 1.36. The Hall–Kier alpha value is 0.170. The van der Waals surface area contributed by atoms with Gasteiger partial charge in [-0.3, -0.25) is 0 Å². The van der Waals surface area contributed by atoms with Gasteiger partial charge in [0, 0.05) is 6.92 Å². The zero-order chi connectivity index (χ0) is 6.50. The van der Waals surface area contributed by atoms with Crippen molar-refractivity contribution >= 4 is 11.6 Å². The number of rotatable bonds is 0. The number of alkyl halides is 1. The van der Waals surface area contributed by atoms with Crippen molar-refractivity contribution in [2.45, 2.75) is 12.2 Å². The van der Waals surface area contributed by atoms with Gasteiger partial charge in [-0.05, 0) is 7.05 Å². The third kappa shape index (κ3) is 3710. The van der Waals surface area contributed by atoms with Crippen molar-refractivity contribution in [3.8, 4) is 0 Å². The average molecular weight is 128 g/mol. The van der Waals surface area contributed by atoms with Crippen molar-refractivity contribution in [3.63, 3.8) is 0 Å². The summed E-state index contributed by atoms with van der Waals surface area (Å²) in [5, 5.41) is 13.7. The largest absolute Gasteiger partial charge is 0.354 e. The molecule has 46 valence electrons. The van der Waals surface area contributed by atoms with Crippen LogP contribution in [0.1, 0.15) is 6.92 Å². The molecule has 0 radical (unpaired) electrons. The number of aliphatic hydroxyl groups is 2. The monoisotopic (exact) mass is 127 g/mol. The summed E-state index contributed by atoms with van der Waals surface area (Å²) >= 11 is 4.64. The van der Waals surface area contributed by atoms with E-state index in [-0.39, 0.29) is 0 Å². The smallest absolute Gasteiger partial charge is 0.240 e. The minimum atomic E-state index is -2.03. The summed E-state index contributed by atoms with van der Waals surface area (Å²) in [7, 11) is 1.50. The maximum Gasteiger partial charge on any atom is 0.240 e. The molecule has 4 N–H and O–H groups in total. The second kappa shape index (κ2) is 4.33. The van der Waals surface area contributed by atoms with Crippen molar-refractivity contribution in [1.29, 1.82) is 0 Å². The second-order valence-electron chi connectivity index (χ2n) is 0.905. The quantitative estimate of drug-likeness (QED) is 0.303. The molecule has 7 heavy (non-hydrogen) atoms. The van der Waals surface area contributed by atoms with Gasteiger partial charge in [0.05, 0.1) is 0 Å². The molecule has 0 aromatic rings. The summed E-state index contributed by atoms with van der Waals surface area (Å²) in [6.45, 7) is 1.06. The normalized spacial score (nSPS) is 9.43. The van der Waals surface area contributed by atoms with Gasteiger partial charge in [-0.25, -0.2) is 0 Å². The maximum atomic E-state index is 7.84. The third-order valence-corrected chi connectivity index (χ3v) is 0. The molecule has 0 atom stereocenters. The SMILES string of the molecule is CC(O)(O)Cl.CN. The van der Waals surface area contributed by atoms with E-state index in [1.807, 2.05) is 0 Å². The zero-order valence-electron chi connectivity index (χ0n) is 4.35. The van der Waals surface area contributed by atoms with Crippen LogP contribution in [0.2, 0.25) is 0 Å². The summed E-state index contributed by atoms with van der Waals surface area (Å²) in [5.74, 6) is 0. The zero-order valence-corrected chi connectivity index (χ0v) is 5.11. The summed E-state index contributed by atoms with van der Waals surface area (Å²) in [5.41, 5.74) is 4.50. The lowest BCUT2D eigenvalue weighted by atomic mass is 10.8. The van der Waals surface area contributed by atoms with Crippen molar-refractivity contribution in [2.75, 3.05) is 7.05 Å². The molecular weight excluding hydrogens is 117 g/mol. The fraction of sp³-hybridized carbons (Fsp3) is 1.00. The molecule has 0 amide bonds. The molecule has 0 heterocycles. The fourth-order valence-corrected chi connectivity index (χ4v) is 0. The van der Waals surface area contributed by atoms with Gasteiger partial charge in [0.2, 0.25) is 5.25 Å². The first-order valence-corrected chi connectivity index (χ1v) is 2.09. The van der Waals surface area contributed by atoms with E-state index in [0.717, 1.165) is 6.92 Å². The van der Waals surface area contributed by atoms with Crippen LogP contribution < -0.4 is 5.73 Å². The van der Waals surface area contributed by atoms with Crippen LogP contribution in [0.15, 0.2) is 0 Å². The third-order valence-electron chi connectivity index (χ3n) is 0. The molecule has 0 aliphatic heterocycles. The molecule has 0 aromatic carbocycles. The van der Waals surface area contributed by atoms with Crippen LogP contribution in [0.25, 0.3) is 0 Å². The first-order chi connectivity index (χ1) is 3.00. The van der Waals surface area contributed by atoms with Crippen molar-refractivity contribution in [1.82, 2.24) is 0 Å². The van der Waals surface area contributed by atoms with Gasteiger partial charge >= 0.3 is 0 Å². The minimum absolute atomic E-state index is 1.06. The summed E-state index contributed by atoms with van der Waals surface area (Å²) in [6.07, 6.45) is 0. The van der Waals surface area contributed by atoms with Gasteiger partial charge in [-0.1, -0.05) is 11.6 Å². The first-order valence-electron chi connectivity index (χ1n) is 1.71. The van der Waals surface area contributed by atoms with Crippen LogP contribution in [-0.4, -0.2) is 22.5 Å². The molecule has 0 spiro atoms. The van der Waals surface area contributed by atoms with Gasteiger partial charge in [0.15, 0.2) is 0 Å². The van der Waals surface area contributed by atoms with Gasteiger partial charge in [-0.2, -0.15) is 0 Å². The summed E-state index contributed by atoms with van der Waals surface area (Å²) in [4.78, 5) is 0. The van der Waals surface area contributed by atoms with E-state index in [4.69, 9.17) is 10.2 Å². The van der Waals surface area contributed by atoms with Crippen LogP contribution in [0.4, 0.5) is 0 Å². The Balaban J connectivity index is 0. The number of hydrogen-bond donors (Lipinski definition) is 3. The van der Waals surface area contributed by atoms with E-state index in [1.165, 1.54) is 7.05 Å². The van der Waals surface area contributed by atoms with Crippen LogP contribution >= 0.6 is 11.6 Å². The molecule has 3 nitrogen and oxygen atoms in total. The van der Waals surface area contributed by atoms with E-state index in [9.17, 15) is 0 Å². The predicted molar refractivity (Wildman–Crippen MR) is 28.8 cm³/mol. The Kier molecular flexibility index (Phi) is 6.32. The topological polar surface area (TPSA) is 66.5 Å². The molecule has 0 rings (SSSR count). The minimum Gasteiger partial charge on any atom is -0.354 e. The van der Waals surface area contributed by atoms with Crippen LogP contribution in [0.3, 0.4) is 0 Å². The van der Waals surface area contributed by atoms with Gasteiger partial charge in [0.25, 0.3) is 0 Å². The van der Waals surface area contributed by atoms with Gasteiger partial charge in [-0.15, -0.1) is 0 Å². The summed E-state index contributed by atoms with van der Waals surface area (Å²) < 4.78 is 0. The highest BCUT2D eigenvalue weighted by Crippen LogP contribution is 1.99. The lowest BCUT2D eigenvalue weighted by molar-refractivity contribution is -0.0670. The molecule has 0 saturated carbocycles. The van der Waals surface area contributed by atoms with E-state index in [0.29, 0.717) is 0 Å². The summed E-state index contributed by atoms with van der Waals surface area (Å²) in [6, 6.07) is 0. The molecule has 0 aliphatic carbocycles. The molecular formula is C3H10ClNO2. The molecule has 0 bridgehead atoms. The van der Waals surface area contributed by atoms with E-state index in [1.54, 1.807) is 0 Å². The van der Waals surface area contributed by atoms with Crippen molar-refractivity contribution in [2.24, 2.45) is 5.73 Å². The molecule has 4 heteroatoms. The van der Waals surface area contributed by atoms with Crippen LogP contribution in [0.5, 0.6) is 0 Å². The Labute approximate surface area is 47.7 Å². The molecule has 0 aliphatic rings. The maximum absolute atomic E-state index is 7.84. The Morgan fingerprint density at radius 1 is 1.43 bits per heavy atom. The van der Waals surface area contributed by atoms with Crippen LogP contribution in [0, 0.1) is 0 Å². The highest BCUT2D eigenvalue weighted by atomic mass is 35.5. The lowest BCUT2D eigenvalue weighted by Gasteiger charge is -1.99. The van der Waals surface area contributed by atoms with Crippen molar-refractivity contribution < 1.29 is 10.2 Å². The van der Waals surface area contributed by atoms with E-state index in [2.05, 4.69) is 17.3 Å². The molecule has 0 fully saturated rings. The number of hydrogen-bond acceptors (Lipinski definition) is 3. The van der Waals surface area contributed by atoms with E-state index >= 15 is 0 Å². The number of nitrogens with two attached hydrogens (primary N) is 1. The lowest BCUT2D eigenvalue weighted by Crippen LogP contribution is -2.11. The molecule has 0 unspecified atom stereocenters. The second-order valence-corrected chi connectivity index (χ2v) is 1.62. The Bertz CT molecular complexity index is 28.4. The fourth-order valence-electron chi connectivity index (χ4n) is 0. The highest BCUT2D eigenvalue weighted by Gasteiger charge is 2.04. The van der Waals surface area contributed by atoms with Crippen LogP contribution in [-0.2, 0) is 0 Å². The molecule has 0 aromatic heterocycles. The van der Waals surface area contributed by atoms with E-state index < -0.39 is 5.25 Å². The Morgan fingerprint density at radius 3 is 1.43 bits per heavy atom.